The van der Waals surface area contributed by atoms with E-state index in [1.165, 1.54) is 6.07 Å². The van der Waals surface area contributed by atoms with Crippen LogP contribution in [0.2, 0.25) is 0 Å². The zero-order valence-corrected chi connectivity index (χ0v) is 10.0. The van der Waals surface area contributed by atoms with Crippen LogP contribution in [-0.4, -0.2) is 24.2 Å². The van der Waals surface area contributed by atoms with Gasteiger partial charge >= 0.3 is 0 Å². The molecule has 0 saturated heterocycles. The van der Waals surface area contributed by atoms with E-state index >= 15 is 0 Å². The molecular formula is C13H18FNO2. The standard InChI is InChI=1S/C13H18FNO2/c1-10-9-11(4-5-12(10)14)6-7-15-13(17)3-2-8-16/h4-5,9,16H,2-3,6-8H2,1H3,(H,15,17). The fraction of sp³-hybridized carbons (Fsp3) is 0.462. The molecule has 0 aliphatic carbocycles. The van der Waals surface area contributed by atoms with E-state index in [9.17, 15) is 9.18 Å². The van der Waals surface area contributed by atoms with Crippen LogP contribution in [0.15, 0.2) is 18.2 Å². The number of aryl methyl sites for hydroxylation is 1. The van der Waals surface area contributed by atoms with E-state index in [0.29, 0.717) is 31.4 Å². The number of halogens is 1. The fourth-order valence-electron chi connectivity index (χ4n) is 1.54. The highest BCUT2D eigenvalue weighted by Crippen LogP contribution is 2.09. The topological polar surface area (TPSA) is 49.3 Å². The Hall–Kier alpha value is -1.42. The van der Waals surface area contributed by atoms with Gasteiger partial charge < -0.3 is 10.4 Å². The summed E-state index contributed by atoms with van der Waals surface area (Å²) in [5, 5.41) is 11.3. The second kappa shape index (κ2) is 7.01. The molecule has 17 heavy (non-hydrogen) atoms. The molecule has 0 atom stereocenters. The minimum absolute atomic E-state index is 0.0323. The molecule has 3 nitrogen and oxygen atoms in total. The first-order valence-corrected chi connectivity index (χ1v) is 5.76. The van der Waals surface area contributed by atoms with Crippen molar-refractivity contribution in [3.63, 3.8) is 0 Å². The van der Waals surface area contributed by atoms with Crippen LogP contribution in [0.5, 0.6) is 0 Å². The molecule has 2 N–H and O–H groups in total. The molecule has 1 aromatic carbocycles. The molecule has 0 aliphatic heterocycles. The van der Waals surface area contributed by atoms with Crippen LogP contribution in [0.3, 0.4) is 0 Å². The average Bonchev–Trinajstić information content (AvgIpc) is 2.31. The van der Waals surface area contributed by atoms with E-state index in [0.717, 1.165) is 5.56 Å². The quantitative estimate of drug-likeness (QED) is 0.791. The summed E-state index contributed by atoms with van der Waals surface area (Å²) in [4.78, 5) is 11.2. The molecule has 4 heteroatoms. The third-order valence-electron chi connectivity index (χ3n) is 2.52. The SMILES string of the molecule is Cc1cc(CCNC(=O)CCCO)ccc1F. The van der Waals surface area contributed by atoms with E-state index in [-0.39, 0.29) is 18.3 Å². The maximum atomic E-state index is 13.0. The number of hydrogen-bond acceptors (Lipinski definition) is 2. The molecule has 1 aromatic rings. The Morgan fingerprint density at radius 1 is 1.47 bits per heavy atom. The van der Waals surface area contributed by atoms with Crippen molar-refractivity contribution in [3.05, 3.63) is 35.1 Å². The predicted octanol–water partition coefficient (Wildman–Crippen LogP) is 1.57. The predicted molar refractivity (Wildman–Crippen MR) is 64.2 cm³/mol. The summed E-state index contributed by atoms with van der Waals surface area (Å²) in [5.74, 6) is -0.265. The molecule has 0 aromatic heterocycles. The Kier molecular flexibility index (Phi) is 5.63. The van der Waals surface area contributed by atoms with Gasteiger partial charge in [0.1, 0.15) is 5.82 Å². The van der Waals surface area contributed by atoms with Crippen LogP contribution in [0.4, 0.5) is 4.39 Å². The Balaban J connectivity index is 2.30. The highest BCUT2D eigenvalue weighted by atomic mass is 19.1. The number of rotatable bonds is 6. The van der Waals surface area contributed by atoms with Crippen molar-refractivity contribution in [1.82, 2.24) is 5.32 Å². The largest absolute Gasteiger partial charge is 0.396 e. The lowest BCUT2D eigenvalue weighted by atomic mass is 10.1. The highest BCUT2D eigenvalue weighted by molar-refractivity contribution is 5.75. The molecule has 0 aliphatic rings. The van der Waals surface area contributed by atoms with Crippen molar-refractivity contribution in [2.45, 2.75) is 26.2 Å². The summed E-state index contributed by atoms with van der Waals surface area (Å²) in [6.45, 7) is 2.29. The number of aliphatic hydroxyl groups is 1. The van der Waals surface area contributed by atoms with Crippen LogP contribution in [0.1, 0.15) is 24.0 Å². The van der Waals surface area contributed by atoms with E-state index in [4.69, 9.17) is 5.11 Å². The lowest BCUT2D eigenvalue weighted by Crippen LogP contribution is -2.25. The van der Waals surface area contributed by atoms with Crippen LogP contribution < -0.4 is 5.32 Å². The summed E-state index contributed by atoms with van der Waals surface area (Å²) < 4.78 is 13.0. The lowest BCUT2D eigenvalue weighted by molar-refractivity contribution is -0.121. The molecule has 0 unspecified atom stereocenters. The first-order valence-electron chi connectivity index (χ1n) is 5.76. The fourth-order valence-corrected chi connectivity index (χ4v) is 1.54. The first-order chi connectivity index (χ1) is 8.13. The van der Waals surface area contributed by atoms with Crippen LogP contribution in [0.25, 0.3) is 0 Å². The van der Waals surface area contributed by atoms with Gasteiger partial charge in [-0.2, -0.15) is 0 Å². The minimum atomic E-state index is -0.208. The number of hydrogen-bond donors (Lipinski definition) is 2. The molecule has 94 valence electrons. The molecule has 0 fully saturated rings. The minimum Gasteiger partial charge on any atom is -0.396 e. The van der Waals surface area contributed by atoms with Crippen LogP contribution >= 0.6 is 0 Å². The molecule has 0 saturated carbocycles. The normalized spacial score (nSPS) is 10.3. The van der Waals surface area contributed by atoms with Gasteiger partial charge in [0.05, 0.1) is 0 Å². The maximum absolute atomic E-state index is 13.0. The number of benzene rings is 1. The zero-order valence-electron chi connectivity index (χ0n) is 10.0. The lowest BCUT2D eigenvalue weighted by Gasteiger charge is -2.06. The van der Waals surface area contributed by atoms with Gasteiger partial charge in [0.15, 0.2) is 0 Å². The number of nitrogens with one attached hydrogen (secondary N) is 1. The summed E-state index contributed by atoms with van der Waals surface area (Å²) in [5.41, 5.74) is 1.63. The van der Waals surface area contributed by atoms with Crippen molar-refractivity contribution in [2.24, 2.45) is 0 Å². The van der Waals surface area contributed by atoms with Gasteiger partial charge in [-0.3, -0.25) is 4.79 Å². The van der Waals surface area contributed by atoms with Gasteiger partial charge in [0.25, 0.3) is 0 Å². The van der Waals surface area contributed by atoms with Gasteiger partial charge in [0, 0.05) is 19.6 Å². The number of aliphatic hydroxyl groups excluding tert-OH is 1. The van der Waals surface area contributed by atoms with Crippen molar-refractivity contribution >= 4 is 5.91 Å². The Labute approximate surface area is 101 Å². The second-order valence-electron chi connectivity index (χ2n) is 4.01. The average molecular weight is 239 g/mol. The third kappa shape index (κ3) is 4.95. The number of carbonyl (C=O) groups is 1. The van der Waals surface area contributed by atoms with Gasteiger partial charge in [0.2, 0.25) is 5.91 Å². The van der Waals surface area contributed by atoms with Gasteiger partial charge in [-0.05, 0) is 37.0 Å². The smallest absolute Gasteiger partial charge is 0.220 e. The van der Waals surface area contributed by atoms with Gasteiger partial charge in [-0.25, -0.2) is 4.39 Å². The number of amides is 1. The molecule has 1 amide bonds. The van der Waals surface area contributed by atoms with Crippen molar-refractivity contribution in [2.75, 3.05) is 13.2 Å². The summed E-state index contributed by atoms with van der Waals surface area (Å²) in [6, 6.07) is 4.95. The van der Waals surface area contributed by atoms with E-state index in [2.05, 4.69) is 5.32 Å². The Bertz CT molecular complexity index is 380. The molecule has 1 rings (SSSR count). The highest BCUT2D eigenvalue weighted by Gasteiger charge is 2.02. The monoisotopic (exact) mass is 239 g/mol. The van der Waals surface area contributed by atoms with Crippen molar-refractivity contribution in [1.29, 1.82) is 0 Å². The van der Waals surface area contributed by atoms with Crippen molar-refractivity contribution < 1.29 is 14.3 Å². The molecular weight excluding hydrogens is 221 g/mol. The number of carbonyl (C=O) groups excluding carboxylic acids is 1. The molecule has 0 bridgehead atoms. The van der Waals surface area contributed by atoms with Gasteiger partial charge in [-0.15, -0.1) is 0 Å². The van der Waals surface area contributed by atoms with Crippen LogP contribution in [0, 0.1) is 12.7 Å². The third-order valence-corrected chi connectivity index (χ3v) is 2.52. The zero-order chi connectivity index (χ0) is 12.7. The summed E-state index contributed by atoms with van der Waals surface area (Å²) in [6.07, 6.45) is 1.52. The van der Waals surface area contributed by atoms with Crippen LogP contribution in [-0.2, 0) is 11.2 Å². The summed E-state index contributed by atoms with van der Waals surface area (Å²) >= 11 is 0. The van der Waals surface area contributed by atoms with Crippen molar-refractivity contribution in [3.8, 4) is 0 Å². The molecule has 0 radical (unpaired) electrons. The Morgan fingerprint density at radius 2 is 2.24 bits per heavy atom. The second-order valence-corrected chi connectivity index (χ2v) is 4.01. The van der Waals surface area contributed by atoms with E-state index < -0.39 is 0 Å². The van der Waals surface area contributed by atoms with E-state index in [1.807, 2.05) is 0 Å². The van der Waals surface area contributed by atoms with Gasteiger partial charge in [-0.1, -0.05) is 12.1 Å². The molecule has 0 spiro atoms. The maximum Gasteiger partial charge on any atom is 0.220 e. The Morgan fingerprint density at radius 3 is 2.88 bits per heavy atom. The first kappa shape index (κ1) is 13.6. The van der Waals surface area contributed by atoms with E-state index in [1.54, 1.807) is 19.1 Å². The molecule has 0 heterocycles. The summed E-state index contributed by atoms with van der Waals surface area (Å²) in [7, 11) is 0.